The molecule has 2 N–H and O–H groups in total. The molecule has 5 nitrogen and oxygen atoms in total. The van der Waals surface area contributed by atoms with Crippen molar-refractivity contribution in [2.75, 3.05) is 0 Å². The van der Waals surface area contributed by atoms with Crippen molar-refractivity contribution in [2.45, 2.75) is 32.6 Å². The van der Waals surface area contributed by atoms with Crippen molar-refractivity contribution in [1.29, 1.82) is 0 Å². The summed E-state index contributed by atoms with van der Waals surface area (Å²) in [5, 5.41) is 18.3. The monoisotopic (exact) mass is 365 g/mol. The Morgan fingerprint density at radius 3 is 2.67 bits per heavy atom. The van der Waals surface area contributed by atoms with Crippen LogP contribution >= 0.6 is 0 Å². The summed E-state index contributed by atoms with van der Waals surface area (Å²) in [5.41, 5.74) is 4.80. The Bertz CT molecular complexity index is 1140. The van der Waals surface area contributed by atoms with E-state index >= 15 is 0 Å². The number of H-pyrrole nitrogens is 1. The zero-order valence-corrected chi connectivity index (χ0v) is 15.2. The summed E-state index contributed by atoms with van der Waals surface area (Å²) in [6.45, 7) is 4.18. The van der Waals surface area contributed by atoms with Gasteiger partial charge in [0.1, 0.15) is 5.82 Å². The lowest BCUT2D eigenvalue weighted by Gasteiger charge is -2.15. The van der Waals surface area contributed by atoms with Gasteiger partial charge in [-0.25, -0.2) is 4.39 Å². The number of hydrogen-bond acceptors (Lipinski definition) is 2. The predicted molar refractivity (Wildman–Crippen MR) is 103 cm³/mol. The van der Waals surface area contributed by atoms with E-state index in [1.54, 1.807) is 18.3 Å². The number of carboxylic acid groups (broad SMARTS) is 1. The second-order valence-corrected chi connectivity index (χ2v) is 7.05. The molecule has 0 fully saturated rings. The number of aromatic nitrogens is 3. The molecule has 0 spiro atoms. The zero-order chi connectivity index (χ0) is 19.1. The first-order valence-electron chi connectivity index (χ1n) is 8.93. The Kier molecular flexibility index (Phi) is 4.18. The maximum atomic E-state index is 13.5. The summed E-state index contributed by atoms with van der Waals surface area (Å²) in [6, 6.07) is 10.5. The van der Waals surface area contributed by atoms with Gasteiger partial charge in [-0.2, -0.15) is 5.10 Å². The first kappa shape index (κ1) is 17.3. The highest BCUT2D eigenvalue weighted by Gasteiger charge is 2.22. The number of benzene rings is 2. The number of aromatic amines is 1. The largest absolute Gasteiger partial charge is 0.481 e. The van der Waals surface area contributed by atoms with Gasteiger partial charge < -0.3 is 9.67 Å². The molecule has 0 aliphatic rings. The summed E-state index contributed by atoms with van der Waals surface area (Å²) in [5.74, 6) is -0.942. The molecule has 27 heavy (non-hydrogen) atoms. The molecule has 4 rings (SSSR count). The fourth-order valence-electron chi connectivity index (χ4n) is 3.78. The van der Waals surface area contributed by atoms with Gasteiger partial charge >= 0.3 is 5.97 Å². The first-order valence-corrected chi connectivity index (χ1v) is 8.93. The molecule has 0 unspecified atom stereocenters. The van der Waals surface area contributed by atoms with Crippen molar-refractivity contribution < 1.29 is 14.3 Å². The van der Waals surface area contributed by atoms with Gasteiger partial charge in [0.2, 0.25) is 0 Å². The summed E-state index contributed by atoms with van der Waals surface area (Å²) >= 11 is 0. The Labute approximate surface area is 155 Å². The van der Waals surface area contributed by atoms with E-state index in [-0.39, 0.29) is 18.2 Å². The Morgan fingerprint density at radius 2 is 2.00 bits per heavy atom. The van der Waals surface area contributed by atoms with Crippen molar-refractivity contribution in [3.05, 3.63) is 59.7 Å². The molecule has 2 heterocycles. The van der Waals surface area contributed by atoms with Gasteiger partial charge in [0.25, 0.3) is 0 Å². The molecule has 6 heteroatoms. The van der Waals surface area contributed by atoms with Crippen molar-refractivity contribution in [3.63, 3.8) is 0 Å². The van der Waals surface area contributed by atoms with Crippen molar-refractivity contribution in [2.24, 2.45) is 0 Å². The van der Waals surface area contributed by atoms with Crippen LogP contribution in [0.4, 0.5) is 4.39 Å². The number of carbonyl (C=O) groups is 1. The van der Waals surface area contributed by atoms with E-state index < -0.39 is 5.97 Å². The van der Waals surface area contributed by atoms with E-state index in [1.807, 2.05) is 6.07 Å². The van der Waals surface area contributed by atoms with Gasteiger partial charge in [0, 0.05) is 28.6 Å². The molecule has 0 bridgehead atoms. The zero-order valence-electron chi connectivity index (χ0n) is 15.2. The van der Waals surface area contributed by atoms with Crippen LogP contribution in [0.3, 0.4) is 0 Å². The molecule has 4 aromatic rings. The fraction of sp³-hybridized carbons (Fsp3) is 0.238. The highest BCUT2D eigenvalue weighted by atomic mass is 19.1. The minimum absolute atomic E-state index is 0.0612. The van der Waals surface area contributed by atoms with E-state index in [0.717, 1.165) is 38.8 Å². The van der Waals surface area contributed by atoms with Crippen LogP contribution < -0.4 is 0 Å². The summed E-state index contributed by atoms with van der Waals surface area (Å²) in [7, 11) is 0. The number of carboxylic acids is 1. The smallest absolute Gasteiger partial charge is 0.303 e. The van der Waals surface area contributed by atoms with Crippen molar-refractivity contribution in [1.82, 2.24) is 14.8 Å². The van der Waals surface area contributed by atoms with Crippen LogP contribution in [-0.2, 0) is 11.2 Å². The van der Waals surface area contributed by atoms with Gasteiger partial charge in [-0.1, -0.05) is 13.8 Å². The average molecular weight is 365 g/mol. The van der Waals surface area contributed by atoms with Gasteiger partial charge in [-0.05, 0) is 54.3 Å². The molecule has 0 saturated heterocycles. The van der Waals surface area contributed by atoms with Crippen LogP contribution in [0.2, 0.25) is 0 Å². The lowest BCUT2D eigenvalue weighted by Crippen LogP contribution is -2.06. The van der Waals surface area contributed by atoms with E-state index in [9.17, 15) is 14.3 Å². The highest BCUT2D eigenvalue weighted by Crippen LogP contribution is 2.36. The third kappa shape index (κ3) is 2.97. The number of aryl methyl sites for hydroxylation is 1. The van der Waals surface area contributed by atoms with Crippen LogP contribution in [0, 0.1) is 5.82 Å². The number of nitrogens with zero attached hydrogens (tertiary/aromatic N) is 2. The van der Waals surface area contributed by atoms with Crippen LogP contribution in [0.15, 0.2) is 42.6 Å². The highest BCUT2D eigenvalue weighted by molar-refractivity contribution is 5.98. The van der Waals surface area contributed by atoms with Gasteiger partial charge in [-0.3, -0.25) is 9.89 Å². The Hall–Kier alpha value is -3.15. The van der Waals surface area contributed by atoms with Crippen LogP contribution in [0.1, 0.15) is 37.4 Å². The molecule has 0 saturated carbocycles. The quantitative estimate of drug-likeness (QED) is 0.534. The summed E-state index contributed by atoms with van der Waals surface area (Å²) in [6.07, 6.45) is 2.27. The summed E-state index contributed by atoms with van der Waals surface area (Å²) in [4.78, 5) is 11.2. The summed E-state index contributed by atoms with van der Waals surface area (Å²) < 4.78 is 15.6. The predicted octanol–water partition coefficient (Wildman–Crippen LogP) is 4.79. The third-order valence-electron chi connectivity index (χ3n) is 4.89. The third-order valence-corrected chi connectivity index (χ3v) is 4.89. The molecule has 0 atom stereocenters. The molecule has 138 valence electrons. The number of aliphatic carboxylic acids is 1. The second-order valence-electron chi connectivity index (χ2n) is 7.05. The molecule has 0 aliphatic heterocycles. The molecule has 2 aromatic heterocycles. The van der Waals surface area contributed by atoms with E-state index in [0.29, 0.717) is 6.42 Å². The second kappa shape index (κ2) is 6.54. The SMILES string of the molecule is CC(C)c1c(CCC(=O)O)c2cc3cn[nH]c3cc2n1-c1ccc(F)cc1. The number of fused-ring (bicyclic) bond motifs is 2. The first-order chi connectivity index (χ1) is 13.0. The normalized spacial score (nSPS) is 11.7. The fourth-order valence-corrected chi connectivity index (χ4v) is 3.78. The Balaban J connectivity index is 2.07. The number of halogens is 1. The van der Waals surface area contributed by atoms with Crippen molar-refractivity contribution in [3.8, 4) is 5.69 Å². The van der Waals surface area contributed by atoms with E-state index in [2.05, 4.69) is 34.7 Å². The van der Waals surface area contributed by atoms with Crippen LogP contribution in [-0.4, -0.2) is 25.8 Å². The maximum Gasteiger partial charge on any atom is 0.303 e. The average Bonchev–Trinajstić information content (AvgIpc) is 3.20. The molecule has 2 aromatic carbocycles. The number of nitrogens with one attached hydrogen (secondary N) is 1. The minimum atomic E-state index is -0.822. The molecule has 0 aliphatic carbocycles. The lowest BCUT2D eigenvalue weighted by atomic mass is 9.99. The van der Waals surface area contributed by atoms with E-state index in [4.69, 9.17) is 0 Å². The van der Waals surface area contributed by atoms with Crippen molar-refractivity contribution >= 4 is 27.8 Å². The standard InChI is InChI=1S/C21H20FN3O2/c1-12(2)21-16(7-8-20(26)27)17-9-13-11-23-24-18(13)10-19(17)25(21)15-5-3-14(22)4-6-15/h3-6,9-12H,7-8H2,1-2H3,(H,23,24)(H,26,27). The van der Waals surface area contributed by atoms with Crippen LogP contribution in [0.25, 0.3) is 27.5 Å². The van der Waals surface area contributed by atoms with Gasteiger partial charge in [-0.15, -0.1) is 0 Å². The molecular formula is C21H20FN3O2. The van der Waals surface area contributed by atoms with Crippen LogP contribution in [0.5, 0.6) is 0 Å². The van der Waals surface area contributed by atoms with Gasteiger partial charge in [0.15, 0.2) is 0 Å². The van der Waals surface area contributed by atoms with Gasteiger partial charge in [0.05, 0.1) is 17.2 Å². The number of rotatable bonds is 5. The Morgan fingerprint density at radius 1 is 1.26 bits per heavy atom. The lowest BCUT2D eigenvalue weighted by molar-refractivity contribution is -0.136. The molecule has 0 amide bonds. The minimum Gasteiger partial charge on any atom is -0.481 e. The molecular weight excluding hydrogens is 345 g/mol. The number of hydrogen-bond donors (Lipinski definition) is 2. The molecule has 0 radical (unpaired) electrons. The maximum absolute atomic E-state index is 13.5. The topological polar surface area (TPSA) is 70.9 Å². The van der Waals surface area contributed by atoms with E-state index in [1.165, 1.54) is 12.1 Å².